The summed E-state index contributed by atoms with van der Waals surface area (Å²) in [7, 11) is -3.27. The van der Waals surface area contributed by atoms with Crippen molar-refractivity contribution in [2.75, 3.05) is 11.5 Å². The first-order valence-corrected chi connectivity index (χ1v) is 12.2. The van der Waals surface area contributed by atoms with Crippen molar-refractivity contribution in [1.82, 2.24) is 4.90 Å². The van der Waals surface area contributed by atoms with E-state index in [1.54, 1.807) is 24.3 Å². The summed E-state index contributed by atoms with van der Waals surface area (Å²) in [4.78, 5) is 14.7. The average molecular weight is 498 g/mol. The van der Waals surface area contributed by atoms with Crippen molar-refractivity contribution < 1.29 is 30.8 Å². The Labute approximate surface area is 193 Å². The number of nitrogens with zero attached hydrogens (tertiary/aromatic N) is 1. The van der Waals surface area contributed by atoms with Crippen molar-refractivity contribution in [1.29, 1.82) is 0 Å². The Morgan fingerprint density at radius 3 is 2.52 bits per heavy atom. The third kappa shape index (κ3) is 5.42. The summed E-state index contributed by atoms with van der Waals surface area (Å²) in [5, 5.41) is 0.365. The van der Waals surface area contributed by atoms with Gasteiger partial charge in [0, 0.05) is 22.2 Å². The van der Waals surface area contributed by atoms with Crippen molar-refractivity contribution in [3.05, 3.63) is 82.6 Å². The number of furan rings is 1. The molecule has 1 aliphatic heterocycles. The van der Waals surface area contributed by atoms with Gasteiger partial charge in [-0.3, -0.25) is 4.79 Å². The highest BCUT2D eigenvalue weighted by Gasteiger charge is 2.36. The number of alkyl halides is 3. The van der Waals surface area contributed by atoms with Crippen molar-refractivity contribution in [2.24, 2.45) is 0 Å². The van der Waals surface area contributed by atoms with E-state index in [9.17, 15) is 26.4 Å². The molecule has 3 aromatic rings. The Bertz CT molecular complexity index is 1290. The van der Waals surface area contributed by atoms with Crippen molar-refractivity contribution >= 4 is 27.3 Å². The van der Waals surface area contributed by atoms with Gasteiger partial charge in [-0.15, -0.1) is 0 Å². The minimum Gasteiger partial charge on any atom is -0.459 e. The van der Waals surface area contributed by atoms with Gasteiger partial charge < -0.3 is 9.32 Å². The Morgan fingerprint density at radius 2 is 1.85 bits per heavy atom. The molecule has 1 amide bonds. The van der Waals surface area contributed by atoms with E-state index >= 15 is 0 Å². The minimum atomic E-state index is -4.49. The molecule has 2 aromatic carbocycles. The molecule has 0 radical (unpaired) electrons. The van der Waals surface area contributed by atoms with Crippen LogP contribution in [0.1, 0.15) is 28.1 Å². The third-order valence-electron chi connectivity index (χ3n) is 5.44. The van der Waals surface area contributed by atoms with Gasteiger partial charge >= 0.3 is 6.18 Å². The summed E-state index contributed by atoms with van der Waals surface area (Å²) in [6.07, 6.45) is -4.20. The smallest absolute Gasteiger partial charge is 0.416 e. The number of halogens is 4. The number of carbonyl (C=O) groups excluding carboxylic acids is 1. The zero-order valence-electron chi connectivity index (χ0n) is 17.2. The zero-order chi connectivity index (χ0) is 23.8. The summed E-state index contributed by atoms with van der Waals surface area (Å²) in [6, 6.07) is 13.6. The van der Waals surface area contributed by atoms with Crippen molar-refractivity contribution in [3.8, 4) is 11.3 Å². The fraction of sp³-hybridized carbons (Fsp3) is 0.261. The Balaban J connectivity index is 1.62. The third-order valence-corrected chi connectivity index (χ3v) is 7.43. The lowest BCUT2D eigenvalue weighted by Gasteiger charge is -2.27. The SMILES string of the molecule is O=C(c1cccc(Cl)c1)N(Cc1ccc(-c2cccc(C(F)(F)F)c2)o1)[C@H]1CCS(=O)(=O)C1. The second-order valence-corrected chi connectivity index (χ2v) is 10.5. The van der Waals surface area contributed by atoms with Crippen LogP contribution in [-0.4, -0.2) is 36.8 Å². The normalized spacial score (nSPS) is 17.8. The molecular weight excluding hydrogens is 479 g/mol. The maximum absolute atomic E-state index is 13.2. The maximum Gasteiger partial charge on any atom is 0.416 e. The van der Waals surface area contributed by atoms with Crippen LogP contribution < -0.4 is 0 Å². The summed E-state index contributed by atoms with van der Waals surface area (Å²) in [6.45, 7) is -0.0372. The van der Waals surface area contributed by atoms with Crippen LogP contribution in [0.5, 0.6) is 0 Å². The van der Waals surface area contributed by atoms with Crippen molar-refractivity contribution in [3.63, 3.8) is 0 Å². The van der Waals surface area contributed by atoms with E-state index in [1.807, 2.05) is 0 Å². The van der Waals surface area contributed by atoms with Gasteiger partial charge in [0.05, 0.1) is 23.6 Å². The predicted molar refractivity (Wildman–Crippen MR) is 118 cm³/mol. The van der Waals surface area contributed by atoms with Crippen LogP contribution in [0.2, 0.25) is 5.02 Å². The molecule has 174 valence electrons. The molecule has 1 aromatic heterocycles. The standard InChI is InChI=1S/C23H19ClF3NO4S/c24-18-6-2-4-16(12-18)22(29)28(19-9-10-33(30,31)14-19)13-20-7-8-21(32-20)15-3-1-5-17(11-15)23(25,26)27/h1-8,11-12,19H,9-10,13-14H2/t19-/m0/s1. The number of hydrogen-bond acceptors (Lipinski definition) is 4. The molecule has 1 saturated heterocycles. The van der Waals surface area contributed by atoms with Gasteiger partial charge in [0.2, 0.25) is 0 Å². The molecule has 1 fully saturated rings. The molecule has 33 heavy (non-hydrogen) atoms. The fourth-order valence-electron chi connectivity index (χ4n) is 3.81. The second-order valence-electron chi connectivity index (χ2n) is 7.84. The molecule has 10 heteroatoms. The molecule has 0 aliphatic carbocycles. The van der Waals surface area contributed by atoms with Gasteiger partial charge in [0.1, 0.15) is 11.5 Å². The molecule has 0 spiro atoms. The monoisotopic (exact) mass is 497 g/mol. The molecule has 2 heterocycles. The van der Waals surface area contributed by atoms with E-state index in [0.29, 0.717) is 16.3 Å². The van der Waals surface area contributed by atoms with Gasteiger partial charge in [-0.25, -0.2) is 8.42 Å². The van der Waals surface area contributed by atoms with Crippen LogP contribution in [0.4, 0.5) is 13.2 Å². The largest absolute Gasteiger partial charge is 0.459 e. The molecule has 5 nitrogen and oxygen atoms in total. The van der Waals surface area contributed by atoms with E-state index in [1.165, 1.54) is 29.2 Å². The van der Waals surface area contributed by atoms with Gasteiger partial charge in [-0.05, 0) is 48.9 Å². The number of sulfone groups is 1. The molecule has 0 bridgehead atoms. The number of amides is 1. The highest BCUT2D eigenvalue weighted by Crippen LogP contribution is 2.33. The van der Waals surface area contributed by atoms with Crippen LogP contribution in [0.15, 0.2) is 65.1 Å². The quantitative estimate of drug-likeness (QED) is 0.470. The summed E-state index contributed by atoms with van der Waals surface area (Å²) in [5.41, 5.74) is -0.254. The molecule has 1 atom stereocenters. The lowest BCUT2D eigenvalue weighted by Crippen LogP contribution is -2.40. The first kappa shape index (κ1) is 23.4. The van der Waals surface area contributed by atoms with Gasteiger partial charge in [0.25, 0.3) is 5.91 Å². The minimum absolute atomic E-state index is 0.0232. The molecular formula is C23H19ClF3NO4S. The first-order valence-electron chi connectivity index (χ1n) is 10.1. The summed E-state index contributed by atoms with van der Waals surface area (Å²) in [5.74, 6) is -0.0606. The summed E-state index contributed by atoms with van der Waals surface area (Å²) < 4.78 is 69.0. The van der Waals surface area contributed by atoms with Gasteiger partial charge in [0.15, 0.2) is 9.84 Å². The second kappa shape index (κ2) is 8.87. The number of carbonyl (C=O) groups is 1. The van der Waals surface area contributed by atoms with Crippen LogP contribution in [0, 0.1) is 0 Å². The Kier molecular flexibility index (Phi) is 6.28. The van der Waals surface area contributed by atoms with E-state index in [4.69, 9.17) is 16.0 Å². The van der Waals surface area contributed by atoms with Crippen molar-refractivity contribution in [2.45, 2.75) is 25.2 Å². The number of rotatable bonds is 5. The van der Waals surface area contributed by atoms with E-state index in [-0.39, 0.29) is 35.8 Å². The maximum atomic E-state index is 13.2. The zero-order valence-corrected chi connectivity index (χ0v) is 18.8. The number of hydrogen-bond donors (Lipinski definition) is 0. The lowest BCUT2D eigenvalue weighted by atomic mass is 10.1. The topological polar surface area (TPSA) is 67.6 Å². The van der Waals surface area contributed by atoms with Gasteiger partial charge in [-0.1, -0.05) is 29.8 Å². The van der Waals surface area contributed by atoms with E-state index < -0.39 is 33.5 Å². The van der Waals surface area contributed by atoms with Crippen LogP contribution in [-0.2, 0) is 22.6 Å². The molecule has 1 aliphatic rings. The number of benzene rings is 2. The van der Waals surface area contributed by atoms with Crippen LogP contribution in [0.25, 0.3) is 11.3 Å². The fourth-order valence-corrected chi connectivity index (χ4v) is 5.73. The Morgan fingerprint density at radius 1 is 1.09 bits per heavy atom. The molecule has 0 N–H and O–H groups in total. The van der Waals surface area contributed by atoms with Crippen LogP contribution >= 0.6 is 11.6 Å². The van der Waals surface area contributed by atoms with Crippen LogP contribution in [0.3, 0.4) is 0 Å². The summed E-state index contributed by atoms with van der Waals surface area (Å²) >= 11 is 6.01. The Hall–Kier alpha value is -2.78. The highest BCUT2D eigenvalue weighted by atomic mass is 35.5. The highest BCUT2D eigenvalue weighted by molar-refractivity contribution is 7.91. The molecule has 0 saturated carbocycles. The predicted octanol–water partition coefficient (Wildman–Crippen LogP) is 5.45. The lowest BCUT2D eigenvalue weighted by molar-refractivity contribution is -0.137. The van der Waals surface area contributed by atoms with E-state index in [2.05, 4.69) is 0 Å². The van der Waals surface area contributed by atoms with E-state index in [0.717, 1.165) is 12.1 Å². The first-order chi connectivity index (χ1) is 15.5. The van der Waals surface area contributed by atoms with Gasteiger partial charge in [-0.2, -0.15) is 13.2 Å². The molecule has 4 rings (SSSR count). The average Bonchev–Trinajstić information content (AvgIpc) is 3.37. The molecule has 0 unspecified atom stereocenters.